The Hall–Kier alpha value is -1.04. The van der Waals surface area contributed by atoms with Crippen LogP contribution in [0.2, 0.25) is 0 Å². The fourth-order valence-electron chi connectivity index (χ4n) is 1.26. The second kappa shape index (κ2) is 3.97. The molecule has 0 unspecified atom stereocenters. The molecule has 0 radical (unpaired) electrons. The minimum atomic E-state index is 1.16. The summed E-state index contributed by atoms with van der Waals surface area (Å²) >= 11 is 0. The van der Waals surface area contributed by atoms with Gasteiger partial charge >= 0.3 is 0 Å². The van der Waals surface area contributed by atoms with Crippen molar-refractivity contribution < 1.29 is 0 Å². The third-order valence-electron chi connectivity index (χ3n) is 1.79. The number of hydrogen-bond acceptors (Lipinski definition) is 0. The summed E-state index contributed by atoms with van der Waals surface area (Å²) < 4.78 is 0. The van der Waals surface area contributed by atoms with Crippen LogP contribution in [-0.4, -0.2) is 0 Å². The van der Waals surface area contributed by atoms with Gasteiger partial charge in [0.25, 0.3) is 0 Å². The maximum absolute atomic E-state index is 3.77. The van der Waals surface area contributed by atoms with E-state index in [0.29, 0.717) is 0 Å². The Labute approximate surface area is 68.6 Å². The smallest absolute Gasteiger partial charge is 0.0231 e. The van der Waals surface area contributed by atoms with Crippen LogP contribution < -0.4 is 0 Å². The molecule has 0 bridgehead atoms. The van der Waals surface area contributed by atoms with Gasteiger partial charge in [0.15, 0.2) is 0 Å². The molecule has 58 valence electrons. The minimum absolute atomic E-state index is 1.16. The Morgan fingerprint density at radius 1 is 1.27 bits per heavy atom. The van der Waals surface area contributed by atoms with Crippen LogP contribution in [0.15, 0.2) is 48.1 Å². The van der Waals surface area contributed by atoms with E-state index in [1.54, 1.807) is 0 Å². The molecule has 0 amide bonds. The van der Waals surface area contributed by atoms with Crippen LogP contribution in [-0.2, 0) is 0 Å². The first-order chi connectivity index (χ1) is 5.38. The predicted octanol–water partition coefficient (Wildman–Crippen LogP) is 3.40. The van der Waals surface area contributed by atoms with E-state index in [1.165, 1.54) is 11.1 Å². The van der Waals surface area contributed by atoms with Gasteiger partial charge in [-0.05, 0) is 30.9 Å². The standard InChI is InChI=1S/C11H14/c1-3-7-11-9-6-5-8-10(11)4-2/h3-4,7-9H,2,5-6H2,1H3/b7-3-. The maximum atomic E-state index is 3.77. The second-order valence-corrected chi connectivity index (χ2v) is 2.60. The zero-order chi connectivity index (χ0) is 8.10. The Morgan fingerprint density at radius 2 is 1.91 bits per heavy atom. The first-order valence-corrected chi connectivity index (χ1v) is 4.04. The summed E-state index contributed by atoms with van der Waals surface area (Å²) in [4.78, 5) is 0. The monoisotopic (exact) mass is 146 g/mol. The molecule has 0 heteroatoms. The summed E-state index contributed by atoms with van der Waals surface area (Å²) in [6, 6.07) is 0. The molecule has 0 aliphatic heterocycles. The van der Waals surface area contributed by atoms with Crippen molar-refractivity contribution in [3.8, 4) is 0 Å². The van der Waals surface area contributed by atoms with Crippen LogP contribution in [0.4, 0.5) is 0 Å². The highest BCUT2D eigenvalue weighted by atomic mass is 14.1. The summed E-state index contributed by atoms with van der Waals surface area (Å²) in [7, 11) is 0. The van der Waals surface area contributed by atoms with Crippen molar-refractivity contribution in [1.29, 1.82) is 0 Å². The molecule has 0 saturated carbocycles. The van der Waals surface area contributed by atoms with Crippen molar-refractivity contribution >= 4 is 0 Å². The van der Waals surface area contributed by atoms with E-state index in [1.807, 2.05) is 13.0 Å². The van der Waals surface area contributed by atoms with Gasteiger partial charge in [0.2, 0.25) is 0 Å². The van der Waals surface area contributed by atoms with Crippen molar-refractivity contribution in [2.75, 3.05) is 0 Å². The summed E-state index contributed by atoms with van der Waals surface area (Å²) in [5, 5.41) is 0. The molecule has 0 aromatic rings. The molecule has 0 N–H and O–H groups in total. The van der Waals surface area contributed by atoms with Crippen LogP contribution in [0, 0.1) is 0 Å². The molecular formula is C11H14. The van der Waals surface area contributed by atoms with Gasteiger partial charge in [0.05, 0.1) is 0 Å². The third-order valence-corrected chi connectivity index (χ3v) is 1.79. The zero-order valence-corrected chi connectivity index (χ0v) is 7.01. The average Bonchev–Trinajstić information content (AvgIpc) is 2.06. The fourth-order valence-corrected chi connectivity index (χ4v) is 1.26. The summed E-state index contributed by atoms with van der Waals surface area (Å²) in [6.07, 6.45) is 12.9. The van der Waals surface area contributed by atoms with E-state index in [2.05, 4.69) is 30.9 Å². The van der Waals surface area contributed by atoms with Crippen molar-refractivity contribution in [2.24, 2.45) is 0 Å². The Morgan fingerprint density at radius 3 is 2.45 bits per heavy atom. The van der Waals surface area contributed by atoms with Gasteiger partial charge in [-0.25, -0.2) is 0 Å². The molecule has 1 rings (SSSR count). The molecule has 0 nitrogen and oxygen atoms in total. The van der Waals surface area contributed by atoms with Gasteiger partial charge < -0.3 is 0 Å². The van der Waals surface area contributed by atoms with Crippen molar-refractivity contribution in [3.05, 3.63) is 48.1 Å². The lowest BCUT2D eigenvalue weighted by molar-refractivity contribution is 1.01. The van der Waals surface area contributed by atoms with Gasteiger partial charge in [-0.15, -0.1) is 0 Å². The lowest BCUT2D eigenvalue weighted by Gasteiger charge is -2.08. The molecule has 0 fully saturated rings. The van der Waals surface area contributed by atoms with Gasteiger partial charge in [-0.1, -0.05) is 37.0 Å². The number of allylic oxidation sites excluding steroid dienone is 7. The molecule has 11 heavy (non-hydrogen) atoms. The highest BCUT2D eigenvalue weighted by molar-refractivity contribution is 5.47. The van der Waals surface area contributed by atoms with Crippen LogP contribution in [0.1, 0.15) is 19.8 Å². The zero-order valence-electron chi connectivity index (χ0n) is 7.01. The van der Waals surface area contributed by atoms with Crippen LogP contribution in [0.5, 0.6) is 0 Å². The topological polar surface area (TPSA) is 0 Å². The highest BCUT2D eigenvalue weighted by Crippen LogP contribution is 2.20. The number of rotatable bonds is 2. The minimum Gasteiger partial charge on any atom is -0.0985 e. The largest absolute Gasteiger partial charge is 0.0985 e. The summed E-state index contributed by atoms with van der Waals surface area (Å²) in [5.41, 5.74) is 2.59. The number of hydrogen-bond donors (Lipinski definition) is 0. The van der Waals surface area contributed by atoms with Crippen LogP contribution in [0.3, 0.4) is 0 Å². The van der Waals surface area contributed by atoms with Gasteiger partial charge in [-0.2, -0.15) is 0 Å². The second-order valence-electron chi connectivity index (χ2n) is 2.60. The predicted molar refractivity (Wildman–Crippen MR) is 50.4 cm³/mol. The van der Waals surface area contributed by atoms with Crippen molar-refractivity contribution in [3.63, 3.8) is 0 Å². The Bertz CT molecular complexity index is 226. The van der Waals surface area contributed by atoms with E-state index in [0.717, 1.165) is 12.8 Å². The first kappa shape index (κ1) is 8.06. The van der Waals surface area contributed by atoms with Crippen molar-refractivity contribution in [1.82, 2.24) is 0 Å². The molecule has 0 heterocycles. The van der Waals surface area contributed by atoms with Crippen LogP contribution in [0.25, 0.3) is 0 Å². The normalized spacial score (nSPS) is 17.9. The summed E-state index contributed by atoms with van der Waals surface area (Å²) in [5.74, 6) is 0. The van der Waals surface area contributed by atoms with E-state index >= 15 is 0 Å². The molecule has 0 aromatic heterocycles. The van der Waals surface area contributed by atoms with E-state index in [9.17, 15) is 0 Å². The average molecular weight is 146 g/mol. The lowest BCUT2D eigenvalue weighted by Crippen LogP contribution is -1.88. The fraction of sp³-hybridized carbons (Fsp3) is 0.273. The van der Waals surface area contributed by atoms with Gasteiger partial charge in [0, 0.05) is 0 Å². The maximum Gasteiger partial charge on any atom is -0.0231 e. The van der Waals surface area contributed by atoms with E-state index < -0.39 is 0 Å². The quantitative estimate of drug-likeness (QED) is 0.560. The SMILES string of the molecule is C=CC1=CCCC=C1/C=C\C. The highest BCUT2D eigenvalue weighted by Gasteiger charge is 2.00. The first-order valence-electron chi connectivity index (χ1n) is 4.04. The van der Waals surface area contributed by atoms with Gasteiger partial charge in [-0.3, -0.25) is 0 Å². The molecular weight excluding hydrogens is 132 g/mol. The lowest BCUT2D eigenvalue weighted by atomic mass is 9.98. The summed E-state index contributed by atoms with van der Waals surface area (Å²) in [6.45, 7) is 5.81. The Balaban J connectivity index is 2.83. The Kier molecular flexibility index (Phi) is 2.91. The molecule has 1 aliphatic rings. The van der Waals surface area contributed by atoms with Crippen molar-refractivity contribution in [2.45, 2.75) is 19.8 Å². The van der Waals surface area contributed by atoms with Crippen LogP contribution >= 0.6 is 0 Å². The molecule has 0 spiro atoms. The van der Waals surface area contributed by atoms with Gasteiger partial charge in [0.1, 0.15) is 0 Å². The van der Waals surface area contributed by atoms with E-state index in [-0.39, 0.29) is 0 Å². The van der Waals surface area contributed by atoms with E-state index in [4.69, 9.17) is 0 Å². The molecule has 1 aliphatic carbocycles. The molecule has 0 atom stereocenters. The molecule has 0 saturated heterocycles. The molecule has 0 aromatic carbocycles. The third kappa shape index (κ3) is 1.94.